The molecule has 0 bridgehead atoms. The van der Waals surface area contributed by atoms with E-state index in [0.717, 1.165) is 12.8 Å². The monoisotopic (exact) mass is 285 g/mol. The first-order valence-electron chi connectivity index (χ1n) is 7.28. The SMILES string of the molecule is CCOC(=O)CCC(=O)OC1CC(C)(C)NC(C)(C)C1. The molecule has 116 valence electrons. The van der Waals surface area contributed by atoms with Gasteiger partial charge in [0.2, 0.25) is 0 Å². The Balaban J connectivity index is 2.43. The Morgan fingerprint density at radius 2 is 1.55 bits per heavy atom. The summed E-state index contributed by atoms with van der Waals surface area (Å²) in [7, 11) is 0. The minimum atomic E-state index is -0.351. The van der Waals surface area contributed by atoms with Crippen molar-refractivity contribution in [3.63, 3.8) is 0 Å². The van der Waals surface area contributed by atoms with Crippen LogP contribution in [0.5, 0.6) is 0 Å². The van der Waals surface area contributed by atoms with E-state index in [0.29, 0.717) is 6.61 Å². The van der Waals surface area contributed by atoms with Gasteiger partial charge < -0.3 is 14.8 Å². The highest BCUT2D eigenvalue weighted by molar-refractivity contribution is 5.77. The zero-order chi connectivity index (χ0) is 15.4. The number of piperidine rings is 1. The summed E-state index contributed by atoms with van der Waals surface area (Å²) >= 11 is 0. The highest BCUT2D eigenvalue weighted by atomic mass is 16.5. The van der Waals surface area contributed by atoms with Gasteiger partial charge in [-0.15, -0.1) is 0 Å². The van der Waals surface area contributed by atoms with Crippen LogP contribution in [0.1, 0.15) is 60.3 Å². The van der Waals surface area contributed by atoms with Gasteiger partial charge in [-0.1, -0.05) is 0 Å². The average molecular weight is 285 g/mol. The minimum Gasteiger partial charge on any atom is -0.466 e. The molecule has 0 unspecified atom stereocenters. The Morgan fingerprint density at radius 1 is 1.05 bits per heavy atom. The molecule has 1 heterocycles. The number of hydrogen-bond acceptors (Lipinski definition) is 5. The predicted molar refractivity (Wildman–Crippen MR) is 76.3 cm³/mol. The molecule has 1 saturated heterocycles. The number of rotatable bonds is 5. The van der Waals surface area contributed by atoms with Crippen LogP contribution in [0.4, 0.5) is 0 Å². The van der Waals surface area contributed by atoms with Crippen molar-refractivity contribution in [3.8, 4) is 0 Å². The maximum Gasteiger partial charge on any atom is 0.306 e. The lowest BCUT2D eigenvalue weighted by atomic mass is 9.81. The van der Waals surface area contributed by atoms with Crippen molar-refractivity contribution in [3.05, 3.63) is 0 Å². The number of ether oxygens (including phenoxy) is 2. The molecule has 0 aliphatic carbocycles. The van der Waals surface area contributed by atoms with Crippen LogP contribution in [-0.2, 0) is 19.1 Å². The highest BCUT2D eigenvalue weighted by Crippen LogP contribution is 2.30. The summed E-state index contributed by atoms with van der Waals surface area (Å²) in [5.41, 5.74) is -0.123. The molecule has 5 nitrogen and oxygen atoms in total. The zero-order valence-corrected chi connectivity index (χ0v) is 13.2. The predicted octanol–water partition coefficient (Wildman–Crippen LogP) is 2.18. The average Bonchev–Trinajstić information content (AvgIpc) is 2.22. The van der Waals surface area contributed by atoms with Crippen LogP contribution in [0.25, 0.3) is 0 Å². The van der Waals surface area contributed by atoms with Gasteiger partial charge in [-0.05, 0) is 34.6 Å². The summed E-state index contributed by atoms with van der Waals surface area (Å²) in [5.74, 6) is -0.674. The van der Waals surface area contributed by atoms with Gasteiger partial charge in [0.1, 0.15) is 6.10 Å². The molecule has 1 aliphatic rings. The molecule has 0 atom stereocenters. The maximum atomic E-state index is 11.8. The Hall–Kier alpha value is -1.10. The summed E-state index contributed by atoms with van der Waals surface area (Å²) < 4.78 is 10.3. The quantitative estimate of drug-likeness (QED) is 0.784. The van der Waals surface area contributed by atoms with Crippen molar-refractivity contribution in [2.75, 3.05) is 6.61 Å². The Kier molecular flexibility index (Phi) is 5.57. The first kappa shape index (κ1) is 17.0. The topological polar surface area (TPSA) is 64.6 Å². The number of nitrogens with one attached hydrogen (secondary N) is 1. The van der Waals surface area contributed by atoms with E-state index < -0.39 is 0 Å². The molecule has 1 fully saturated rings. The van der Waals surface area contributed by atoms with Crippen LogP contribution in [0.15, 0.2) is 0 Å². The second kappa shape index (κ2) is 6.57. The second-order valence-corrected chi connectivity index (χ2v) is 6.72. The van der Waals surface area contributed by atoms with Crippen molar-refractivity contribution in [2.45, 2.75) is 77.5 Å². The van der Waals surface area contributed by atoms with Crippen molar-refractivity contribution >= 4 is 11.9 Å². The summed E-state index contributed by atoms with van der Waals surface area (Å²) in [5, 5.41) is 3.54. The van der Waals surface area contributed by atoms with Crippen LogP contribution in [0, 0.1) is 0 Å². The van der Waals surface area contributed by atoms with Gasteiger partial charge >= 0.3 is 11.9 Å². The van der Waals surface area contributed by atoms with E-state index in [2.05, 4.69) is 33.0 Å². The van der Waals surface area contributed by atoms with Gasteiger partial charge in [0.15, 0.2) is 0 Å². The first-order chi connectivity index (χ1) is 9.13. The van der Waals surface area contributed by atoms with Crippen LogP contribution in [0.3, 0.4) is 0 Å². The molecule has 0 aromatic carbocycles. The van der Waals surface area contributed by atoms with Crippen LogP contribution < -0.4 is 5.32 Å². The van der Waals surface area contributed by atoms with Crippen molar-refractivity contribution in [2.24, 2.45) is 0 Å². The molecule has 0 saturated carbocycles. The normalized spacial score (nSPS) is 21.2. The van der Waals surface area contributed by atoms with Crippen molar-refractivity contribution < 1.29 is 19.1 Å². The molecule has 5 heteroatoms. The lowest BCUT2D eigenvalue weighted by molar-refractivity contribution is -0.156. The maximum absolute atomic E-state index is 11.8. The molecule has 0 spiro atoms. The molecule has 1 N–H and O–H groups in total. The van der Waals surface area contributed by atoms with Gasteiger partial charge in [-0.2, -0.15) is 0 Å². The summed E-state index contributed by atoms with van der Waals surface area (Å²) in [6.07, 6.45) is 1.63. The van der Waals surface area contributed by atoms with Gasteiger partial charge in [0.25, 0.3) is 0 Å². The lowest BCUT2D eigenvalue weighted by Crippen LogP contribution is -2.59. The van der Waals surface area contributed by atoms with Crippen LogP contribution in [-0.4, -0.2) is 35.7 Å². The van der Waals surface area contributed by atoms with E-state index >= 15 is 0 Å². The third kappa shape index (κ3) is 5.90. The molecular formula is C15H27NO4. The molecule has 20 heavy (non-hydrogen) atoms. The zero-order valence-electron chi connectivity index (χ0n) is 13.2. The fourth-order valence-corrected chi connectivity index (χ4v) is 2.99. The highest BCUT2D eigenvalue weighted by Gasteiger charge is 2.39. The van der Waals surface area contributed by atoms with Gasteiger partial charge in [0, 0.05) is 23.9 Å². The molecule has 1 aliphatic heterocycles. The number of carbonyl (C=O) groups excluding carboxylic acids is 2. The third-order valence-corrected chi connectivity index (χ3v) is 3.29. The van der Waals surface area contributed by atoms with E-state index in [-0.39, 0.29) is 42.0 Å². The summed E-state index contributed by atoms with van der Waals surface area (Å²) in [6, 6.07) is 0. The number of hydrogen-bond donors (Lipinski definition) is 1. The Labute approximate surface area is 121 Å². The molecule has 0 aromatic rings. The largest absolute Gasteiger partial charge is 0.466 e. The van der Waals surface area contributed by atoms with Gasteiger partial charge in [0.05, 0.1) is 19.4 Å². The fraction of sp³-hybridized carbons (Fsp3) is 0.867. The van der Waals surface area contributed by atoms with Crippen molar-refractivity contribution in [1.29, 1.82) is 0 Å². The van der Waals surface area contributed by atoms with E-state index in [1.165, 1.54) is 0 Å². The molecule has 0 radical (unpaired) electrons. The molecule has 1 rings (SSSR count). The van der Waals surface area contributed by atoms with E-state index in [1.807, 2.05) is 0 Å². The Bertz CT molecular complexity index is 347. The van der Waals surface area contributed by atoms with E-state index in [9.17, 15) is 9.59 Å². The minimum absolute atomic E-state index is 0.0617. The summed E-state index contributed by atoms with van der Waals surface area (Å²) in [6.45, 7) is 10.5. The third-order valence-electron chi connectivity index (χ3n) is 3.29. The van der Waals surface area contributed by atoms with Gasteiger partial charge in [-0.3, -0.25) is 9.59 Å². The smallest absolute Gasteiger partial charge is 0.306 e. The molecule has 0 aromatic heterocycles. The van der Waals surface area contributed by atoms with Gasteiger partial charge in [-0.25, -0.2) is 0 Å². The summed E-state index contributed by atoms with van der Waals surface area (Å²) in [4.78, 5) is 23.0. The number of esters is 2. The standard InChI is InChI=1S/C15H27NO4/c1-6-19-12(17)7-8-13(18)20-11-9-14(2,3)16-15(4,5)10-11/h11,16H,6-10H2,1-5H3. The van der Waals surface area contributed by atoms with Crippen LogP contribution >= 0.6 is 0 Å². The van der Waals surface area contributed by atoms with Crippen molar-refractivity contribution in [1.82, 2.24) is 5.32 Å². The first-order valence-corrected chi connectivity index (χ1v) is 7.28. The Morgan fingerprint density at radius 3 is 2.05 bits per heavy atom. The second-order valence-electron chi connectivity index (χ2n) is 6.72. The molecular weight excluding hydrogens is 258 g/mol. The molecule has 0 amide bonds. The number of carbonyl (C=O) groups is 2. The van der Waals surface area contributed by atoms with E-state index in [4.69, 9.17) is 9.47 Å². The van der Waals surface area contributed by atoms with E-state index in [1.54, 1.807) is 6.92 Å². The lowest BCUT2D eigenvalue weighted by Gasteiger charge is -2.45. The fourth-order valence-electron chi connectivity index (χ4n) is 2.99. The van der Waals surface area contributed by atoms with Crippen LogP contribution in [0.2, 0.25) is 0 Å².